The van der Waals surface area contributed by atoms with Gasteiger partial charge in [-0.2, -0.15) is 5.10 Å². The maximum absolute atomic E-state index is 11.5. The van der Waals surface area contributed by atoms with Crippen molar-refractivity contribution in [1.29, 1.82) is 0 Å². The van der Waals surface area contributed by atoms with E-state index >= 15 is 0 Å². The predicted molar refractivity (Wildman–Crippen MR) is 144 cm³/mol. The van der Waals surface area contributed by atoms with Crippen LogP contribution in [0.15, 0.2) is 77.9 Å². The molecule has 0 atom stereocenters. The number of aryl methyl sites for hydroxylation is 2. The fraction of sp³-hybridized carbons (Fsp3) is 0.207. The molecule has 7 heteroatoms. The van der Waals surface area contributed by atoms with Crippen LogP contribution in [-0.2, 0) is 22.4 Å². The molecule has 178 valence electrons. The van der Waals surface area contributed by atoms with Crippen LogP contribution in [0.25, 0.3) is 11.0 Å². The number of fused-ring (bicyclic) bond motifs is 1. The molecule has 0 aliphatic heterocycles. The Balaban J connectivity index is 0.00000361. The van der Waals surface area contributed by atoms with Crippen molar-refractivity contribution in [1.82, 2.24) is 0 Å². The number of carbonyl (C=O) groups is 2. The number of hydrogen-bond donors (Lipinski definition) is 0. The van der Waals surface area contributed by atoms with Crippen molar-refractivity contribution >= 4 is 52.1 Å². The van der Waals surface area contributed by atoms with Crippen LogP contribution >= 0.6 is 11.6 Å². The maximum Gasteiger partial charge on any atom is 1.00 e. The minimum atomic E-state index is 0. The van der Waals surface area contributed by atoms with E-state index in [2.05, 4.69) is 17.2 Å². The molecule has 0 radical (unpaired) electrons. The Morgan fingerprint density at radius 1 is 1.08 bits per heavy atom. The average molecular weight is 524 g/mol. The molecular weight excluding hydrogens is 497 g/mol. The number of carbonyl (C=O) groups excluding carboxylic acids is 2. The fourth-order valence-electron chi connectivity index (χ4n) is 4.00. The third kappa shape index (κ3) is 7.25. The molecular formula is C29H27ClKN3O2. The van der Waals surface area contributed by atoms with Crippen LogP contribution in [-0.4, -0.2) is 17.8 Å². The molecule has 0 saturated carbocycles. The number of nitrogens with zero attached hydrogens (tertiary/aromatic N) is 3. The summed E-state index contributed by atoms with van der Waals surface area (Å²) in [5.74, 6) is 0.170. The SMILES string of the molecule is CC(=O)CCc1ccc(N(/N=C(\C)C=O)C2=CCCc3ccc([N-]c4ccccc4Cl)cc32)cc1.[K+]. The minimum Gasteiger partial charge on any atom is -0.657 e. The molecule has 0 saturated heterocycles. The Hall–Kier alpha value is -2.06. The van der Waals surface area contributed by atoms with Crippen LogP contribution in [0.5, 0.6) is 0 Å². The summed E-state index contributed by atoms with van der Waals surface area (Å²) in [6.07, 6.45) is 5.90. The Bertz CT molecular complexity index is 1300. The van der Waals surface area contributed by atoms with Gasteiger partial charge in [-0.1, -0.05) is 66.2 Å². The molecule has 3 aromatic rings. The van der Waals surface area contributed by atoms with Gasteiger partial charge in [-0.25, -0.2) is 5.01 Å². The van der Waals surface area contributed by atoms with E-state index in [-0.39, 0.29) is 57.2 Å². The average Bonchev–Trinajstić information content (AvgIpc) is 2.87. The second-order valence-corrected chi connectivity index (χ2v) is 8.98. The van der Waals surface area contributed by atoms with Crippen LogP contribution in [0.4, 0.5) is 17.1 Å². The third-order valence-electron chi connectivity index (χ3n) is 5.83. The van der Waals surface area contributed by atoms with E-state index in [0.717, 1.165) is 47.3 Å². The van der Waals surface area contributed by atoms with Gasteiger partial charge < -0.3 is 10.1 Å². The molecule has 1 aliphatic carbocycles. The topological polar surface area (TPSA) is 63.8 Å². The van der Waals surface area contributed by atoms with E-state index in [4.69, 9.17) is 16.9 Å². The quantitative estimate of drug-likeness (QED) is 0.179. The van der Waals surface area contributed by atoms with Gasteiger partial charge in [-0.05, 0) is 62.4 Å². The Morgan fingerprint density at radius 3 is 2.53 bits per heavy atom. The number of aldehydes is 1. The number of halogens is 1. The Kier molecular flexibility index (Phi) is 10.7. The number of para-hydroxylation sites is 1. The first kappa shape index (κ1) is 28.5. The Morgan fingerprint density at radius 2 is 1.83 bits per heavy atom. The van der Waals surface area contributed by atoms with Gasteiger partial charge in [0.15, 0.2) is 6.29 Å². The fourth-order valence-corrected chi connectivity index (χ4v) is 4.18. The summed E-state index contributed by atoms with van der Waals surface area (Å²) in [6.45, 7) is 3.29. The smallest absolute Gasteiger partial charge is 0.657 e. The van der Waals surface area contributed by atoms with Crippen LogP contribution < -0.4 is 56.4 Å². The first-order valence-corrected chi connectivity index (χ1v) is 12.0. The second-order valence-electron chi connectivity index (χ2n) is 8.57. The first-order valence-electron chi connectivity index (χ1n) is 11.6. The zero-order valence-electron chi connectivity index (χ0n) is 20.9. The van der Waals surface area contributed by atoms with Gasteiger partial charge in [0, 0.05) is 17.0 Å². The molecule has 0 spiro atoms. The number of ketones is 1. The van der Waals surface area contributed by atoms with Crippen LogP contribution in [0, 0.1) is 0 Å². The standard InChI is InChI=1S/C29H27ClN3O2.K/c1-20(19-34)32-33(25-16-12-22(13-17-25)11-10-21(2)35)29-9-5-6-23-14-15-24(18-26(23)29)31-28-8-4-3-7-27(28)30;/h3-4,7-9,12-19H,5-6,10-11H2,1-2H3;/q-1;+1/b32-20+;. The van der Waals surface area contributed by atoms with Gasteiger partial charge >= 0.3 is 51.4 Å². The van der Waals surface area contributed by atoms with Gasteiger partial charge in [0.2, 0.25) is 0 Å². The molecule has 3 aromatic carbocycles. The van der Waals surface area contributed by atoms with Crippen molar-refractivity contribution in [2.24, 2.45) is 5.10 Å². The second kappa shape index (κ2) is 13.5. The summed E-state index contributed by atoms with van der Waals surface area (Å²) in [7, 11) is 0. The van der Waals surface area contributed by atoms with Gasteiger partial charge in [-0.15, -0.1) is 11.4 Å². The summed E-state index contributed by atoms with van der Waals surface area (Å²) in [4.78, 5) is 22.8. The molecule has 36 heavy (non-hydrogen) atoms. The van der Waals surface area contributed by atoms with E-state index in [0.29, 0.717) is 29.3 Å². The predicted octanol–water partition coefficient (Wildman–Crippen LogP) is 4.57. The molecule has 0 fully saturated rings. The van der Waals surface area contributed by atoms with Gasteiger partial charge in [0.25, 0.3) is 0 Å². The van der Waals surface area contributed by atoms with Crippen LogP contribution in [0.2, 0.25) is 5.02 Å². The summed E-state index contributed by atoms with van der Waals surface area (Å²) in [5, 5.41) is 11.8. The minimum absolute atomic E-state index is 0. The normalized spacial score (nSPS) is 12.6. The van der Waals surface area contributed by atoms with Crippen molar-refractivity contribution in [3.63, 3.8) is 0 Å². The summed E-state index contributed by atoms with van der Waals surface area (Å²) in [6, 6.07) is 21.6. The molecule has 0 bridgehead atoms. The molecule has 0 unspecified atom stereocenters. The van der Waals surface area contributed by atoms with E-state index < -0.39 is 0 Å². The number of Topliss-reactive ketones (excluding diaryl/α,β-unsaturated/α-hetero) is 1. The zero-order chi connectivity index (χ0) is 24.8. The molecule has 0 amide bonds. The van der Waals surface area contributed by atoms with Crippen molar-refractivity contribution in [3.8, 4) is 0 Å². The Labute approximate surface area is 260 Å². The third-order valence-corrected chi connectivity index (χ3v) is 6.15. The van der Waals surface area contributed by atoms with Gasteiger partial charge in [-0.3, -0.25) is 4.79 Å². The number of hydrogen-bond acceptors (Lipinski definition) is 4. The van der Waals surface area contributed by atoms with E-state index in [1.165, 1.54) is 5.56 Å². The molecule has 1 aliphatic rings. The van der Waals surface area contributed by atoms with E-state index in [9.17, 15) is 9.59 Å². The number of benzene rings is 3. The van der Waals surface area contributed by atoms with Gasteiger partial charge in [0.1, 0.15) is 5.78 Å². The molecule has 4 rings (SSSR count). The number of allylic oxidation sites excluding steroid dienone is 1. The summed E-state index contributed by atoms with van der Waals surface area (Å²) in [5.41, 5.74) is 6.92. The van der Waals surface area contributed by atoms with Crippen molar-refractivity contribution < 1.29 is 61.0 Å². The van der Waals surface area contributed by atoms with E-state index in [1.807, 2.05) is 65.7 Å². The van der Waals surface area contributed by atoms with Gasteiger partial charge in [0.05, 0.1) is 17.1 Å². The van der Waals surface area contributed by atoms with Crippen molar-refractivity contribution in [3.05, 3.63) is 99.8 Å². The molecule has 0 N–H and O–H groups in total. The molecule has 0 heterocycles. The molecule has 5 nitrogen and oxygen atoms in total. The monoisotopic (exact) mass is 523 g/mol. The summed E-state index contributed by atoms with van der Waals surface area (Å²) < 4.78 is 0. The number of anilines is 1. The maximum atomic E-state index is 11.5. The van der Waals surface area contributed by atoms with Crippen LogP contribution in [0.3, 0.4) is 0 Å². The summed E-state index contributed by atoms with van der Waals surface area (Å²) >= 11 is 6.32. The molecule has 0 aromatic heterocycles. The van der Waals surface area contributed by atoms with Crippen LogP contribution in [0.1, 0.15) is 43.4 Å². The first-order chi connectivity index (χ1) is 16.9. The number of hydrazone groups is 1. The van der Waals surface area contributed by atoms with E-state index in [1.54, 1.807) is 13.8 Å². The number of rotatable bonds is 9. The van der Waals surface area contributed by atoms with Crippen molar-refractivity contribution in [2.45, 2.75) is 39.5 Å². The zero-order valence-corrected chi connectivity index (χ0v) is 24.7. The van der Waals surface area contributed by atoms with Crippen molar-refractivity contribution in [2.75, 3.05) is 5.01 Å². The largest absolute Gasteiger partial charge is 1.00 e.